The number of ketones is 1. The topological polar surface area (TPSA) is 107 Å². The first-order valence-electron chi connectivity index (χ1n) is 6.70. The summed E-state index contributed by atoms with van der Waals surface area (Å²) >= 11 is 9.56. The molecule has 0 aromatic heterocycles. The molecular formula is C15H19Cl2NO5. The van der Waals surface area contributed by atoms with Crippen molar-refractivity contribution in [1.29, 1.82) is 0 Å². The fourth-order valence-electron chi connectivity index (χ4n) is 1.35. The lowest BCUT2D eigenvalue weighted by atomic mass is 10.1. The first-order chi connectivity index (χ1) is 10.8. The highest BCUT2D eigenvalue weighted by atomic mass is 35.5. The van der Waals surface area contributed by atoms with Gasteiger partial charge in [0, 0.05) is 6.42 Å². The molecule has 0 radical (unpaired) electrons. The third kappa shape index (κ3) is 10.7. The molecule has 8 heteroatoms. The number of rotatable bonds is 7. The average molecular weight is 364 g/mol. The molecule has 0 aliphatic carbocycles. The Morgan fingerprint density at radius 3 is 2.26 bits per heavy atom. The van der Waals surface area contributed by atoms with Gasteiger partial charge in [-0.25, -0.2) is 4.79 Å². The quantitative estimate of drug-likeness (QED) is 0.568. The van der Waals surface area contributed by atoms with Gasteiger partial charge in [-0.1, -0.05) is 47.5 Å². The van der Waals surface area contributed by atoms with Gasteiger partial charge in [0.2, 0.25) is 4.84 Å². The van der Waals surface area contributed by atoms with E-state index in [4.69, 9.17) is 38.8 Å². The molecule has 0 fully saturated rings. The largest absolute Gasteiger partial charge is 0.479 e. The van der Waals surface area contributed by atoms with E-state index >= 15 is 0 Å². The minimum atomic E-state index is -1.29. The molecule has 1 aromatic carbocycles. The highest BCUT2D eigenvalue weighted by Gasteiger charge is 2.07. The van der Waals surface area contributed by atoms with Gasteiger partial charge in [-0.2, -0.15) is 0 Å². The molecule has 1 rings (SSSR count). The van der Waals surface area contributed by atoms with Crippen LogP contribution >= 0.6 is 23.2 Å². The van der Waals surface area contributed by atoms with Crippen LogP contribution in [0, 0.1) is 6.92 Å². The number of nitrogens with two attached hydrogens (primary N) is 1. The van der Waals surface area contributed by atoms with E-state index in [1.165, 1.54) is 0 Å². The predicted molar refractivity (Wildman–Crippen MR) is 87.4 cm³/mol. The Morgan fingerprint density at radius 1 is 1.22 bits per heavy atom. The highest BCUT2D eigenvalue weighted by Crippen LogP contribution is 2.09. The van der Waals surface area contributed by atoms with Crippen LogP contribution in [0.3, 0.4) is 0 Å². The van der Waals surface area contributed by atoms with E-state index < -0.39 is 10.8 Å². The standard InChI is InChI=1S/C13H17NO3.C2H2Cl2O2/c1-10-4-2-3-5-11(10)9-17-13(16)7-6-12(15)8-14;3-1(4)2(5)6/h2-5H,6-9,14H2,1H3;1H,(H,5,6). The maximum atomic E-state index is 11.3. The molecule has 0 aliphatic rings. The number of carbonyl (C=O) groups excluding carboxylic acids is 2. The van der Waals surface area contributed by atoms with Gasteiger partial charge in [-0.15, -0.1) is 0 Å². The van der Waals surface area contributed by atoms with Crippen LogP contribution in [0.15, 0.2) is 24.3 Å². The van der Waals surface area contributed by atoms with E-state index in [9.17, 15) is 14.4 Å². The van der Waals surface area contributed by atoms with Crippen molar-refractivity contribution >= 4 is 40.9 Å². The number of Topliss-reactive ketones (excluding diaryl/α,β-unsaturated/α-hetero) is 1. The zero-order valence-electron chi connectivity index (χ0n) is 12.6. The molecule has 0 atom stereocenters. The number of hydrogen-bond acceptors (Lipinski definition) is 5. The minimum Gasteiger partial charge on any atom is -0.479 e. The van der Waals surface area contributed by atoms with Gasteiger partial charge in [0.05, 0.1) is 13.0 Å². The number of carbonyl (C=O) groups is 3. The van der Waals surface area contributed by atoms with Crippen LogP contribution in [0.25, 0.3) is 0 Å². The second-order valence-corrected chi connectivity index (χ2v) is 5.57. The summed E-state index contributed by atoms with van der Waals surface area (Å²) in [6.45, 7) is 2.19. The number of esters is 1. The van der Waals surface area contributed by atoms with Gasteiger partial charge in [0.1, 0.15) is 12.4 Å². The number of ether oxygens (including phenoxy) is 1. The third-order valence-electron chi connectivity index (χ3n) is 2.67. The molecule has 0 aliphatic heterocycles. The molecule has 0 spiro atoms. The number of benzene rings is 1. The number of alkyl halides is 2. The van der Waals surface area contributed by atoms with Crippen molar-refractivity contribution in [3.05, 3.63) is 35.4 Å². The lowest BCUT2D eigenvalue weighted by Crippen LogP contribution is -2.15. The van der Waals surface area contributed by atoms with Gasteiger partial charge >= 0.3 is 11.9 Å². The van der Waals surface area contributed by atoms with Gasteiger partial charge in [-0.3, -0.25) is 9.59 Å². The first-order valence-corrected chi connectivity index (χ1v) is 7.58. The summed E-state index contributed by atoms with van der Waals surface area (Å²) in [6.07, 6.45) is 0.255. The van der Waals surface area contributed by atoms with Crippen LogP contribution in [0.1, 0.15) is 24.0 Å². The van der Waals surface area contributed by atoms with Crippen LogP contribution in [0.5, 0.6) is 0 Å². The molecular weight excluding hydrogens is 345 g/mol. The molecule has 0 unspecified atom stereocenters. The van der Waals surface area contributed by atoms with Crippen molar-refractivity contribution in [2.45, 2.75) is 31.2 Å². The molecule has 0 amide bonds. The molecule has 6 nitrogen and oxygen atoms in total. The molecule has 0 saturated carbocycles. The summed E-state index contributed by atoms with van der Waals surface area (Å²) in [5.41, 5.74) is 7.20. The molecule has 0 saturated heterocycles. The van der Waals surface area contributed by atoms with E-state index in [-0.39, 0.29) is 37.7 Å². The molecule has 23 heavy (non-hydrogen) atoms. The highest BCUT2D eigenvalue weighted by molar-refractivity contribution is 6.52. The van der Waals surface area contributed by atoms with Crippen LogP contribution in [-0.2, 0) is 25.7 Å². The Balaban J connectivity index is 0.000000688. The summed E-state index contributed by atoms with van der Waals surface area (Å²) in [7, 11) is 0. The number of carboxylic acid groups (broad SMARTS) is 1. The van der Waals surface area contributed by atoms with Gasteiger partial charge in [0.25, 0.3) is 0 Å². The molecule has 128 valence electrons. The van der Waals surface area contributed by atoms with E-state index in [0.29, 0.717) is 0 Å². The Bertz CT molecular complexity index is 534. The molecule has 0 heterocycles. The zero-order chi connectivity index (χ0) is 17.8. The molecule has 3 N–H and O–H groups in total. The van der Waals surface area contributed by atoms with Crippen molar-refractivity contribution in [2.75, 3.05) is 6.54 Å². The summed E-state index contributed by atoms with van der Waals surface area (Å²) < 4.78 is 5.07. The summed E-state index contributed by atoms with van der Waals surface area (Å²) in [5.74, 6) is -1.70. The number of aryl methyl sites for hydroxylation is 1. The Labute approximate surface area is 144 Å². The van der Waals surface area contributed by atoms with E-state index in [0.717, 1.165) is 11.1 Å². The summed E-state index contributed by atoms with van der Waals surface area (Å²) in [5, 5.41) is 7.73. The van der Waals surface area contributed by atoms with Crippen molar-refractivity contribution in [1.82, 2.24) is 0 Å². The van der Waals surface area contributed by atoms with Crippen LogP contribution in [-0.4, -0.2) is 34.2 Å². The number of aliphatic carboxylic acids is 1. The number of hydrogen-bond donors (Lipinski definition) is 2. The van der Waals surface area contributed by atoms with Crippen LogP contribution in [0.2, 0.25) is 0 Å². The second-order valence-electron chi connectivity index (χ2n) is 4.47. The lowest BCUT2D eigenvalue weighted by molar-refractivity contribution is -0.146. The fraction of sp³-hybridized carbons (Fsp3) is 0.400. The minimum absolute atomic E-state index is 0.0227. The van der Waals surface area contributed by atoms with Gasteiger partial charge in [-0.05, 0) is 18.1 Å². The maximum Gasteiger partial charge on any atom is 0.337 e. The van der Waals surface area contributed by atoms with Crippen LogP contribution < -0.4 is 5.73 Å². The molecule has 1 aromatic rings. The van der Waals surface area contributed by atoms with E-state index in [2.05, 4.69) is 0 Å². The third-order valence-corrected chi connectivity index (χ3v) is 3.05. The first kappa shape index (κ1) is 21.4. The summed E-state index contributed by atoms with van der Waals surface area (Å²) in [4.78, 5) is 30.4. The second kappa shape index (κ2) is 11.9. The van der Waals surface area contributed by atoms with E-state index in [1.54, 1.807) is 0 Å². The van der Waals surface area contributed by atoms with Gasteiger partial charge < -0.3 is 15.6 Å². The zero-order valence-corrected chi connectivity index (χ0v) is 14.1. The Morgan fingerprint density at radius 2 is 1.78 bits per heavy atom. The maximum absolute atomic E-state index is 11.3. The smallest absolute Gasteiger partial charge is 0.337 e. The van der Waals surface area contributed by atoms with Crippen molar-refractivity contribution in [3.63, 3.8) is 0 Å². The number of halogens is 2. The van der Waals surface area contributed by atoms with Crippen molar-refractivity contribution < 1.29 is 24.2 Å². The van der Waals surface area contributed by atoms with Gasteiger partial charge in [0.15, 0.2) is 0 Å². The normalized spacial score (nSPS) is 9.78. The van der Waals surface area contributed by atoms with Crippen molar-refractivity contribution in [3.8, 4) is 0 Å². The van der Waals surface area contributed by atoms with E-state index in [1.807, 2.05) is 31.2 Å². The molecule has 0 bridgehead atoms. The fourth-order valence-corrected chi connectivity index (χ4v) is 1.35. The summed E-state index contributed by atoms with van der Waals surface area (Å²) in [6, 6.07) is 7.70. The van der Waals surface area contributed by atoms with Crippen LogP contribution in [0.4, 0.5) is 0 Å². The predicted octanol–water partition coefficient (Wildman–Crippen LogP) is 2.22. The average Bonchev–Trinajstić information content (AvgIpc) is 2.52. The SMILES string of the molecule is Cc1ccccc1COC(=O)CCC(=O)CN.O=C(O)C(Cl)Cl. The number of carboxylic acids is 1. The Hall–Kier alpha value is -1.63. The van der Waals surface area contributed by atoms with Crippen molar-refractivity contribution in [2.24, 2.45) is 5.73 Å². The Kier molecular flexibility index (Phi) is 11.0. The monoisotopic (exact) mass is 363 g/mol. The lowest BCUT2D eigenvalue weighted by Gasteiger charge is -2.06.